The highest BCUT2D eigenvalue weighted by Gasteiger charge is 2.13. The molecular formula is C27H28ClIN2O5. The summed E-state index contributed by atoms with van der Waals surface area (Å²) in [6, 6.07) is 16.2. The fraction of sp³-hybridized carbons (Fsp3) is 0.259. The fourth-order valence-electron chi connectivity index (χ4n) is 3.20. The molecule has 0 atom stereocenters. The van der Waals surface area contributed by atoms with E-state index in [1.807, 2.05) is 44.2 Å². The molecular weight excluding hydrogens is 595 g/mol. The van der Waals surface area contributed by atoms with Gasteiger partial charge in [-0.2, -0.15) is 5.10 Å². The quantitative estimate of drug-likeness (QED) is 0.142. The molecule has 0 spiro atoms. The smallest absolute Gasteiger partial charge is 0.271 e. The van der Waals surface area contributed by atoms with E-state index in [0.717, 1.165) is 21.1 Å². The zero-order valence-electron chi connectivity index (χ0n) is 20.3. The molecule has 190 valence electrons. The number of ether oxygens (including phenoxy) is 4. The topological polar surface area (TPSA) is 78.4 Å². The van der Waals surface area contributed by atoms with Gasteiger partial charge in [-0.1, -0.05) is 36.7 Å². The summed E-state index contributed by atoms with van der Waals surface area (Å²) in [7, 11) is 1.57. The zero-order valence-corrected chi connectivity index (χ0v) is 23.3. The number of amides is 1. The van der Waals surface area contributed by atoms with Crippen LogP contribution in [0.3, 0.4) is 0 Å². The van der Waals surface area contributed by atoms with Gasteiger partial charge in [0.15, 0.2) is 23.0 Å². The first-order valence-corrected chi connectivity index (χ1v) is 12.9. The van der Waals surface area contributed by atoms with Gasteiger partial charge in [-0.3, -0.25) is 4.79 Å². The molecule has 0 saturated heterocycles. The number of carbonyl (C=O) groups excluding carboxylic acids is 1. The van der Waals surface area contributed by atoms with E-state index in [9.17, 15) is 4.79 Å². The highest BCUT2D eigenvalue weighted by atomic mass is 127. The Bertz CT molecular complexity index is 1220. The van der Waals surface area contributed by atoms with Crippen molar-refractivity contribution in [3.05, 3.63) is 79.9 Å². The predicted octanol–water partition coefficient (Wildman–Crippen LogP) is 6.48. The maximum Gasteiger partial charge on any atom is 0.271 e. The van der Waals surface area contributed by atoms with Crippen molar-refractivity contribution in [3.63, 3.8) is 0 Å². The second kappa shape index (κ2) is 13.9. The summed E-state index contributed by atoms with van der Waals surface area (Å²) >= 11 is 8.40. The summed E-state index contributed by atoms with van der Waals surface area (Å²) in [5, 5.41) is 4.74. The number of nitrogens with one attached hydrogen (secondary N) is 1. The first-order valence-electron chi connectivity index (χ1n) is 11.4. The van der Waals surface area contributed by atoms with Gasteiger partial charge < -0.3 is 18.9 Å². The van der Waals surface area contributed by atoms with Gasteiger partial charge in [0, 0.05) is 16.1 Å². The van der Waals surface area contributed by atoms with Crippen LogP contribution in [0.5, 0.6) is 23.0 Å². The lowest BCUT2D eigenvalue weighted by Gasteiger charge is -2.14. The number of halogens is 2. The second-order valence-electron chi connectivity index (χ2n) is 7.56. The summed E-state index contributed by atoms with van der Waals surface area (Å²) in [5.74, 6) is 1.92. The minimum Gasteiger partial charge on any atom is -0.493 e. The summed E-state index contributed by atoms with van der Waals surface area (Å²) in [6.07, 6.45) is 2.42. The van der Waals surface area contributed by atoms with E-state index in [1.165, 1.54) is 0 Å². The van der Waals surface area contributed by atoms with Crippen LogP contribution in [0.25, 0.3) is 0 Å². The van der Waals surface area contributed by atoms with Crippen molar-refractivity contribution in [1.82, 2.24) is 5.43 Å². The van der Waals surface area contributed by atoms with Crippen LogP contribution in [0, 0.1) is 3.57 Å². The third kappa shape index (κ3) is 7.51. The normalized spacial score (nSPS) is 10.8. The van der Waals surface area contributed by atoms with Crippen LogP contribution in [-0.2, 0) is 6.61 Å². The molecule has 0 aliphatic carbocycles. The molecule has 0 aromatic heterocycles. The standard InChI is InChI=1S/C27H28ClIN2O5/c1-4-12-35-23-11-10-19(15-24(23)34-5-2)27(32)31-30-16-18-13-22(29)26(25(14-18)33-3)36-17-20-8-6-7-9-21(20)28/h6-11,13-16H,4-5,12,17H2,1-3H3,(H,31,32)/b30-16+. The van der Waals surface area contributed by atoms with Crippen LogP contribution < -0.4 is 24.4 Å². The zero-order chi connectivity index (χ0) is 25.9. The summed E-state index contributed by atoms with van der Waals surface area (Å²) in [6.45, 7) is 5.25. The van der Waals surface area contributed by atoms with Crippen LogP contribution in [0.4, 0.5) is 0 Å². The summed E-state index contributed by atoms with van der Waals surface area (Å²) in [4.78, 5) is 12.6. The van der Waals surface area contributed by atoms with E-state index in [1.54, 1.807) is 37.6 Å². The van der Waals surface area contributed by atoms with Crippen LogP contribution in [-0.4, -0.2) is 32.4 Å². The van der Waals surface area contributed by atoms with Crippen molar-refractivity contribution in [2.45, 2.75) is 26.9 Å². The maximum atomic E-state index is 12.6. The number of carbonyl (C=O) groups is 1. The van der Waals surface area contributed by atoms with E-state index in [-0.39, 0.29) is 5.91 Å². The Kier molecular flexibility index (Phi) is 10.7. The Morgan fingerprint density at radius 2 is 1.83 bits per heavy atom. The Morgan fingerprint density at radius 1 is 1.03 bits per heavy atom. The molecule has 3 aromatic carbocycles. The Morgan fingerprint density at radius 3 is 2.56 bits per heavy atom. The van der Waals surface area contributed by atoms with Crippen molar-refractivity contribution in [2.75, 3.05) is 20.3 Å². The van der Waals surface area contributed by atoms with Crippen LogP contribution in [0.2, 0.25) is 5.02 Å². The minimum absolute atomic E-state index is 0.307. The fourth-order valence-corrected chi connectivity index (χ4v) is 4.17. The van der Waals surface area contributed by atoms with E-state index in [0.29, 0.717) is 53.4 Å². The average Bonchev–Trinajstić information content (AvgIpc) is 2.88. The number of rotatable bonds is 12. The molecule has 3 aromatic rings. The number of hydrogen-bond acceptors (Lipinski definition) is 6. The Balaban J connectivity index is 1.69. The Labute approximate surface area is 229 Å². The molecule has 0 aliphatic rings. The van der Waals surface area contributed by atoms with Crippen LogP contribution >= 0.6 is 34.2 Å². The first kappa shape index (κ1) is 27.6. The van der Waals surface area contributed by atoms with Crippen molar-refractivity contribution in [3.8, 4) is 23.0 Å². The van der Waals surface area contributed by atoms with Gasteiger partial charge in [0.2, 0.25) is 0 Å². The Hall–Kier alpha value is -2.98. The molecule has 1 N–H and O–H groups in total. The maximum absolute atomic E-state index is 12.6. The average molecular weight is 623 g/mol. The number of benzene rings is 3. The monoisotopic (exact) mass is 622 g/mol. The molecule has 0 saturated carbocycles. The molecule has 0 fully saturated rings. The van der Waals surface area contributed by atoms with Gasteiger partial charge in [0.05, 0.1) is 30.1 Å². The van der Waals surface area contributed by atoms with Crippen molar-refractivity contribution >= 4 is 46.3 Å². The van der Waals surface area contributed by atoms with Gasteiger partial charge in [-0.05, 0) is 77.9 Å². The lowest BCUT2D eigenvalue weighted by molar-refractivity contribution is 0.0954. The number of hydrazone groups is 1. The summed E-state index contributed by atoms with van der Waals surface area (Å²) < 4.78 is 23.7. The van der Waals surface area contributed by atoms with Crippen molar-refractivity contribution in [1.29, 1.82) is 0 Å². The molecule has 1 amide bonds. The van der Waals surface area contributed by atoms with E-state index >= 15 is 0 Å². The largest absolute Gasteiger partial charge is 0.493 e. The van der Waals surface area contributed by atoms with Crippen LogP contribution in [0.15, 0.2) is 59.7 Å². The van der Waals surface area contributed by atoms with E-state index in [4.69, 9.17) is 30.5 Å². The third-order valence-corrected chi connectivity index (χ3v) is 6.10. The van der Waals surface area contributed by atoms with Gasteiger partial charge in [0.1, 0.15) is 6.61 Å². The third-order valence-electron chi connectivity index (χ3n) is 4.93. The lowest BCUT2D eigenvalue weighted by Crippen LogP contribution is -2.17. The lowest BCUT2D eigenvalue weighted by atomic mass is 10.2. The molecule has 0 aliphatic heterocycles. The second-order valence-corrected chi connectivity index (χ2v) is 9.13. The molecule has 9 heteroatoms. The van der Waals surface area contributed by atoms with Gasteiger partial charge in [-0.15, -0.1) is 0 Å². The minimum atomic E-state index is -0.365. The first-order chi connectivity index (χ1) is 17.5. The SMILES string of the molecule is CCCOc1ccc(C(=O)N/N=C/c2cc(I)c(OCc3ccccc3Cl)c(OC)c2)cc1OCC. The number of methoxy groups -OCH3 is 1. The molecule has 0 bridgehead atoms. The van der Waals surface area contributed by atoms with E-state index < -0.39 is 0 Å². The molecule has 36 heavy (non-hydrogen) atoms. The molecule has 0 unspecified atom stereocenters. The van der Waals surface area contributed by atoms with Gasteiger partial charge in [-0.25, -0.2) is 5.43 Å². The predicted molar refractivity (Wildman–Crippen MR) is 150 cm³/mol. The van der Waals surface area contributed by atoms with Crippen molar-refractivity contribution in [2.24, 2.45) is 5.10 Å². The highest BCUT2D eigenvalue weighted by Crippen LogP contribution is 2.34. The van der Waals surface area contributed by atoms with Gasteiger partial charge in [0.25, 0.3) is 5.91 Å². The molecule has 0 heterocycles. The van der Waals surface area contributed by atoms with Gasteiger partial charge >= 0.3 is 0 Å². The summed E-state index contributed by atoms with van der Waals surface area (Å²) in [5.41, 5.74) is 4.57. The van der Waals surface area contributed by atoms with E-state index in [2.05, 4.69) is 33.1 Å². The number of nitrogens with zero attached hydrogens (tertiary/aromatic N) is 1. The number of hydrogen-bond donors (Lipinski definition) is 1. The van der Waals surface area contributed by atoms with Crippen LogP contribution in [0.1, 0.15) is 41.8 Å². The molecule has 0 radical (unpaired) electrons. The highest BCUT2D eigenvalue weighted by molar-refractivity contribution is 14.1. The molecule has 7 nitrogen and oxygen atoms in total. The molecule has 3 rings (SSSR count). The van der Waals surface area contributed by atoms with Crippen molar-refractivity contribution < 1.29 is 23.7 Å².